The number of anilines is 2. The zero-order valence-electron chi connectivity index (χ0n) is 20.9. The molecular formula is C28H28Cl3N3O4. The zero-order valence-corrected chi connectivity index (χ0v) is 23.2. The molecule has 0 heterocycles. The second-order valence-corrected chi connectivity index (χ2v) is 10.8. The monoisotopic (exact) mass is 575 g/mol. The first-order valence-corrected chi connectivity index (χ1v) is 13.4. The van der Waals surface area contributed by atoms with Gasteiger partial charge in [0.25, 0.3) is 5.91 Å². The predicted molar refractivity (Wildman–Crippen MR) is 152 cm³/mol. The van der Waals surface area contributed by atoms with Crippen LogP contribution in [0.25, 0.3) is 10.8 Å². The summed E-state index contributed by atoms with van der Waals surface area (Å²) in [5, 5.41) is 10.5. The van der Waals surface area contributed by atoms with Crippen LogP contribution in [-0.2, 0) is 9.53 Å². The van der Waals surface area contributed by atoms with E-state index in [1.165, 1.54) is 19.2 Å². The average molecular weight is 577 g/mol. The normalized spacial score (nSPS) is 17.9. The van der Waals surface area contributed by atoms with Gasteiger partial charge in [0, 0.05) is 5.02 Å². The Labute approximate surface area is 236 Å². The molecule has 3 N–H and O–H groups in total. The van der Waals surface area contributed by atoms with Crippen LogP contribution in [0.5, 0.6) is 0 Å². The maximum atomic E-state index is 13.6. The van der Waals surface area contributed by atoms with Crippen molar-refractivity contribution in [1.82, 2.24) is 5.32 Å². The number of halogens is 3. The minimum Gasteiger partial charge on any atom is -0.467 e. The van der Waals surface area contributed by atoms with Crippen molar-refractivity contribution in [3.63, 3.8) is 0 Å². The van der Waals surface area contributed by atoms with Crippen LogP contribution in [0.15, 0.2) is 48.5 Å². The molecule has 1 aliphatic rings. The molecule has 3 amide bonds. The lowest BCUT2D eigenvalue weighted by molar-refractivity contribution is -0.144. The van der Waals surface area contributed by atoms with E-state index in [1.54, 1.807) is 12.1 Å². The standard InChI is InChI=1S/C28H28Cl3N3O4/c1-15-7-9-16(10-8-15)24(27(36)38-2)33-26(35)20-11-17-5-3-4-6-18(17)12-23(20)32-28(37)34-25-21(30)13-19(29)14-22(25)31/h3-6,11-16,24H,7-10H2,1-2H3,(H,33,35)(H2,32,34,37)/t15?,16?,24-/m0/s1. The Kier molecular flexibility index (Phi) is 9.03. The molecule has 0 bridgehead atoms. The summed E-state index contributed by atoms with van der Waals surface area (Å²) in [4.78, 5) is 39.2. The highest BCUT2D eigenvalue weighted by Crippen LogP contribution is 2.34. The van der Waals surface area contributed by atoms with Gasteiger partial charge >= 0.3 is 12.0 Å². The number of esters is 1. The molecule has 0 radical (unpaired) electrons. The summed E-state index contributed by atoms with van der Waals surface area (Å²) in [6.07, 6.45) is 3.59. The number of amides is 3. The van der Waals surface area contributed by atoms with Gasteiger partial charge in [-0.2, -0.15) is 0 Å². The molecule has 7 nitrogen and oxygen atoms in total. The molecule has 1 fully saturated rings. The first kappa shape index (κ1) is 28.0. The van der Waals surface area contributed by atoms with E-state index in [-0.39, 0.29) is 32.9 Å². The number of benzene rings is 3. The SMILES string of the molecule is COC(=O)[C@@H](NC(=O)c1cc2ccccc2cc1NC(=O)Nc1c(Cl)cc(Cl)cc1Cl)C1CCC(C)CC1. The molecule has 4 rings (SSSR count). The minimum absolute atomic E-state index is 0.0306. The predicted octanol–water partition coefficient (Wildman–Crippen LogP) is 7.54. The Balaban J connectivity index is 1.63. The first-order chi connectivity index (χ1) is 18.2. The lowest BCUT2D eigenvalue weighted by Crippen LogP contribution is -2.47. The van der Waals surface area contributed by atoms with E-state index in [1.807, 2.05) is 24.3 Å². The fourth-order valence-corrected chi connectivity index (χ4v) is 5.71. The molecule has 3 aromatic rings. The lowest BCUT2D eigenvalue weighted by Gasteiger charge is -2.31. The molecule has 0 aromatic heterocycles. The van der Waals surface area contributed by atoms with Crippen LogP contribution in [0.2, 0.25) is 15.1 Å². The van der Waals surface area contributed by atoms with E-state index in [0.717, 1.165) is 36.5 Å². The quantitative estimate of drug-likeness (QED) is 0.264. The number of hydrogen-bond acceptors (Lipinski definition) is 4. The highest BCUT2D eigenvalue weighted by atomic mass is 35.5. The van der Waals surface area contributed by atoms with Crippen LogP contribution < -0.4 is 16.0 Å². The summed E-state index contributed by atoms with van der Waals surface area (Å²) in [5.74, 6) is -0.435. The molecule has 38 heavy (non-hydrogen) atoms. The molecule has 3 aromatic carbocycles. The van der Waals surface area contributed by atoms with Crippen molar-refractivity contribution in [3.05, 3.63) is 69.2 Å². The third kappa shape index (κ3) is 6.52. The number of fused-ring (bicyclic) bond motifs is 1. The van der Waals surface area contributed by atoms with E-state index < -0.39 is 23.9 Å². The lowest BCUT2D eigenvalue weighted by atomic mass is 9.79. The van der Waals surface area contributed by atoms with E-state index in [0.29, 0.717) is 10.9 Å². The fourth-order valence-electron chi connectivity index (χ4n) is 4.79. The third-order valence-corrected chi connectivity index (χ3v) is 7.71. The summed E-state index contributed by atoms with van der Waals surface area (Å²) in [7, 11) is 1.31. The average Bonchev–Trinajstić information content (AvgIpc) is 2.89. The first-order valence-electron chi connectivity index (χ1n) is 12.3. The summed E-state index contributed by atoms with van der Waals surface area (Å²) in [6.45, 7) is 2.18. The third-order valence-electron chi connectivity index (χ3n) is 6.90. The molecule has 200 valence electrons. The van der Waals surface area contributed by atoms with Crippen molar-refractivity contribution in [3.8, 4) is 0 Å². The number of rotatable bonds is 6. The maximum absolute atomic E-state index is 13.6. The van der Waals surface area contributed by atoms with Crippen molar-refractivity contribution in [2.75, 3.05) is 17.7 Å². The highest BCUT2D eigenvalue weighted by Gasteiger charge is 2.34. The summed E-state index contributed by atoms with van der Waals surface area (Å²) < 4.78 is 5.02. The van der Waals surface area contributed by atoms with Crippen LogP contribution in [0.1, 0.15) is 43.0 Å². The number of urea groups is 1. The Morgan fingerprint density at radius 2 is 1.50 bits per heavy atom. The van der Waals surface area contributed by atoms with Crippen LogP contribution in [-0.4, -0.2) is 31.1 Å². The molecule has 0 aliphatic heterocycles. The molecule has 10 heteroatoms. The van der Waals surface area contributed by atoms with E-state index >= 15 is 0 Å². The Morgan fingerprint density at radius 3 is 2.11 bits per heavy atom. The van der Waals surface area contributed by atoms with Gasteiger partial charge in [0.15, 0.2) is 0 Å². The van der Waals surface area contributed by atoms with Gasteiger partial charge in [0.05, 0.1) is 34.1 Å². The number of ether oxygens (including phenoxy) is 1. The number of carbonyl (C=O) groups is 3. The Bertz CT molecular complexity index is 1350. The summed E-state index contributed by atoms with van der Waals surface area (Å²) in [6, 6.07) is 12.3. The van der Waals surface area contributed by atoms with Crippen molar-refractivity contribution in [2.45, 2.75) is 38.6 Å². The number of methoxy groups -OCH3 is 1. The number of carbonyl (C=O) groups excluding carboxylic acids is 3. The second-order valence-electron chi connectivity index (χ2n) is 9.56. The van der Waals surface area contributed by atoms with Crippen molar-refractivity contribution in [1.29, 1.82) is 0 Å². The fraction of sp³-hybridized carbons (Fsp3) is 0.321. The van der Waals surface area contributed by atoms with Crippen LogP contribution in [0.3, 0.4) is 0 Å². The van der Waals surface area contributed by atoms with Gasteiger partial charge in [0.2, 0.25) is 0 Å². The largest absolute Gasteiger partial charge is 0.467 e. The van der Waals surface area contributed by atoms with Crippen molar-refractivity contribution < 1.29 is 19.1 Å². The van der Waals surface area contributed by atoms with E-state index in [2.05, 4.69) is 22.9 Å². The highest BCUT2D eigenvalue weighted by molar-refractivity contribution is 6.42. The zero-order chi connectivity index (χ0) is 27.4. The van der Waals surface area contributed by atoms with E-state index in [9.17, 15) is 14.4 Å². The molecule has 1 atom stereocenters. The summed E-state index contributed by atoms with van der Waals surface area (Å²) >= 11 is 18.4. The topological polar surface area (TPSA) is 96.5 Å². The van der Waals surface area contributed by atoms with Crippen molar-refractivity contribution >= 4 is 74.9 Å². The van der Waals surface area contributed by atoms with Gasteiger partial charge in [-0.05, 0) is 59.7 Å². The van der Waals surface area contributed by atoms with E-state index in [4.69, 9.17) is 39.5 Å². The molecule has 0 spiro atoms. The van der Waals surface area contributed by atoms with Crippen molar-refractivity contribution in [2.24, 2.45) is 11.8 Å². The minimum atomic E-state index is -0.792. The maximum Gasteiger partial charge on any atom is 0.328 e. The molecule has 1 saturated carbocycles. The van der Waals surface area contributed by atoms with Crippen LogP contribution in [0.4, 0.5) is 16.2 Å². The van der Waals surface area contributed by atoms with Gasteiger partial charge in [0.1, 0.15) is 6.04 Å². The van der Waals surface area contributed by atoms with Gasteiger partial charge in [-0.3, -0.25) is 4.79 Å². The molecular weight excluding hydrogens is 549 g/mol. The molecule has 0 saturated heterocycles. The molecule has 1 aliphatic carbocycles. The van der Waals surface area contributed by atoms with Crippen LogP contribution >= 0.6 is 34.8 Å². The van der Waals surface area contributed by atoms with Gasteiger partial charge in [-0.25, -0.2) is 9.59 Å². The summed E-state index contributed by atoms with van der Waals surface area (Å²) in [5.41, 5.74) is 0.630. The second kappa shape index (κ2) is 12.2. The van der Waals surface area contributed by atoms with Gasteiger partial charge in [-0.1, -0.05) is 78.8 Å². The Hall–Kier alpha value is -3.00. The Morgan fingerprint density at radius 1 is 0.895 bits per heavy atom. The number of hydrogen-bond donors (Lipinski definition) is 3. The molecule has 0 unspecified atom stereocenters. The van der Waals surface area contributed by atoms with Crippen LogP contribution in [0, 0.1) is 11.8 Å². The van der Waals surface area contributed by atoms with Gasteiger partial charge in [-0.15, -0.1) is 0 Å². The number of nitrogens with one attached hydrogen (secondary N) is 3. The smallest absolute Gasteiger partial charge is 0.328 e. The van der Waals surface area contributed by atoms with Gasteiger partial charge < -0.3 is 20.7 Å².